The molecule has 0 saturated carbocycles. The Labute approximate surface area is 93.3 Å². The summed E-state index contributed by atoms with van der Waals surface area (Å²) in [6.07, 6.45) is 0.926. The van der Waals surface area contributed by atoms with E-state index in [1.165, 1.54) is 0 Å². The first-order valence-corrected chi connectivity index (χ1v) is 6.53. The van der Waals surface area contributed by atoms with Crippen LogP contribution in [0.2, 0.25) is 0 Å². The molecule has 4 heteroatoms. The molecule has 56 valence electrons. The highest BCUT2D eigenvalue weighted by atomic mass is 127. The molecular formula is C5H8Cl2I2. The first-order chi connectivity index (χ1) is 4.20. The Balaban J connectivity index is 3.22. The molecule has 0 aromatic heterocycles. The van der Waals surface area contributed by atoms with Crippen LogP contribution in [0.3, 0.4) is 0 Å². The van der Waals surface area contributed by atoms with Crippen molar-refractivity contribution in [2.24, 2.45) is 0 Å². The monoisotopic (exact) mass is 392 g/mol. The molecule has 0 aliphatic heterocycles. The lowest BCUT2D eigenvalue weighted by atomic mass is 10.3. The average Bonchev–Trinajstić information content (AvgIpc) is 1.87. The summed E-state index contributed by atoms with van der Waals surface area (Å²) in [4.78, 5) is 0. The van der Waals surface area contributed by atoms with E-state index in [9.17, 15) is 0 Å². The lowest BCUT2D eigenvalue weighted by molar-refractivity contribution is 0.814. The summed E-state index contributed by atoms with van der Waals surface area (Å²) in [5, 5.41) is 0.505. The van der Waals surface area contributed by atoms with Crippen LogP contribution in [0.5, 0.6) is 0 Å². The molecule has 0 fully saturated rings. The van der Waals surface area contributed by atoms with Crippen molar-refractivity contribution in [2.75, 3.05) is 8.86 Å². The molecule has 9 heavy (non-hydrogen) atoms. The first kappa shape index (κ1) is 11.0. The largest absolute Gasteiger partial charge is 0.122 e. The molecule has 0 aliphatic carbocycles. The zero-order chi connectivity index (χ0) is 7.28. The van der Waals surface area contributed by atoms with Gasteiger partial charge in [0.2, 0.25) is 0 Å². The predicted octanol–water partition coefficient (Wildman–Crippen LogP) is 3.46. The predicted molar refractivity (Wildman–Crippen MR) is 61.7 cm³/mol. The maximum absolute atomic E-state index is 5.84. The minimum atomic E-state index is 0.253. The van der Waals surface area contributed by atoms with Crippen molar-refractivity contribution in [1.82, 2.24) is 0 Å². The summed E-state index contributed by atoms with van der Waals surface area (Å²) in [5.74, 6) is 0. The Bertz CT molecular complexity index is 62.0. The van der Waals surface area contributed by atoms with Gasteiger partial charge in [-0.1, -0.05) is 45.2 Å². The van der Waals surface area contributed by atoms with Crippen molar-refractivity contribution in [3.05, 3.63) is 0 Å². The molecule has 0 spiro atoms. The Hall–Kier alpha value is 2.04. The highest BCUT2D eigenvalue weighted by Crippen LogP contribution is 2.14. The average molecular weight is 393 g/mol. The van der Waals surface area contributed by atoms with Gasteiger partial charge >= 0.3 is 0 Å². The maximum atomic E-state index is 5.84. The Morgan fingerprint density at radius 2 is 1.33 bits per heavy atom. The fourth-order valence-corrected chi connectivity index (χ4v) is 1.64. The van der Waals surface area contributed by atoms with Gasteiger partial charge < -0.3 is 0 Å². The Morgan fingerprint density at radius 1 is 1.00 bits per heavy atom. The zero-order valence-electron chi connectivity index (χ0n) is 4.79. The Kier molecular flexibility index (Phi) is 8.26. The summed E-state index contributed by atoms with van der Waals surface area (Å²) in [6, 6.07) is 0. The van der Waals surface area contributed by atoms with Gasteiger partial charge in [-0.05, 0) is 6.42 Å². The van der Waals surface area contributed by atoms with Crippen molar-refractivity contribution >= 4 is 68.4 Å². The first-order valence-electron chi connectivity index (χ1n) is 2.60. The summed E-state index contributed by atoms with van der Waals surface area (Å²) >= 11 is 16.2. The third-order valence-corrected chi connectivity index (χ3v) is 4.68. The van der Waals surface area contributed by atoms with E-state index in [1.54, 1.807) is 0 Å². The van der Waals surface area contributed by atoms with Gasteiger partial charge in [-0.25, -0.2) is 0 Å². The van der Waals surface area contributed by atoms with Crippen molar-refractivity contribution in [3.8, 4) is 0 Å². The lowest BCUT2D eigenvalue weighted by Gasteiger charge is -2.07. The molecule has 2 atom stereocenters. The Morgan fingerprint density at radius 3 is 1.56 bits per heavy atom. The second-order valence-corrected chi connectivity index (χ2v) is 4.73. The topological polar surface area (TPSA) is 0 Å². The van der Waals surface area contributed by atoms with Gasteiger partial charge in [-0.2, -0.15) is 0 Å². The molecule has 0 rings (SSSR count). The molecule has 0 aliphatic rings. The van der Waals surface area contributed by atoms with E-state index >= 15 is 0 Å². The zero-order valence-corrected chi connectivity index (χ0v) is 10.6. The summed E-state index contributed by atoms with van der Waals surface area (Å²) in [6.45, 7) is 0. The van der Waals surface area contributed by atoms with Crippen molar-refractivity contribution < 1.29 is 0 Å². The molecule has 0 heterocycles. The van der Waals surface area contributed by atoms with E-state index in [-0.39, 0.29) is 10.8 Å². The van der Waals surface area contributed by atoms with Crippen LogP contribution in [-0.4, -0.2) is 19.6 Å². The van der Waals surface area contributed by atoms with Crippen LogP contribution in [0.25, 0.3) is 0 Å². The van der Waals surface area contributed by atoms with Crippen molar-refractivity contribution in [3.63, 3.8) is 0 Å². The molecule has 0 amide bonds. The van der Waals surface area contributed by atoms with Crippen LogP contribution >= 0.6 is 68.4 Å². The summed E-state index contributed by atoms with van der Waals surface area (Å²) in [7, 11) is 0. The molecule has 2 unspecified atom stereocenters. The summed E-state index contributed by atoms with van der Waals surface area (Å²) < 4.78 is 1.97. The van der Waals surface area contributed by atoms with E-state index < -0.39 is 0 Å². The molecule has 0 radical (unpaired) electrons. The van der Waals surface area contributed by atoms with E-state index in [1.807, 2.05) is 0 Å². The van der Waals surface area contributed by atoms with Gasteiger partial charge in [-0.3, -0.25) is 0 Å². The fourth-order valence-electron chi connectivity index (χ4n) is 0.403. The minimum absolute atomic E-state index is 0.253. The van der Waals surface area contributed by atoms with Gasteiger partial charge in [0.25, 0.3) is 0 Å². The van der Waals surface area contributed by atoms with Crippen LogP contribution in [0.15, 0.2) is 0 Å². The molecule has 0 N–H and O–H groups in total. The van der Waals surface area contributed by atoms with Gasteiger partial charge in [-0.15, -0.1) is 23.2 Å². The van der Waals surface area contributed by atoms with Crippen LogP contribution in [0, 0.1) is 0 Å². The maximum Gasteiger partial charge on any atom is 0.0439 e. The number of halogens is 4. The van der Waals surface area contributed by atoms with E-state index in [4.69, 9.17) is 23.2 Å². The SMILES string of the molecule is ClC(CI)CC(Cl)CI. The van der Waals surface area contributed by atoms with E-state index in [0.717, 1.165) is 15.3 Å². The van der Waals surface area contributed by atoms with Crippen LogP contribution < -0.4 is 0 Å². The van der Waals surface area contributed by atoms with Gasteiger partial charge in [0.1, 0.15) is 0 Å². The minimum Gasteiger partial charge on any atom is -0.122 e. The van der Waals surface area contributed by atoms with Crippen molar-refractivity contribution in [1.29, 1.82) is 0 Å². The third kappa shape index (κ3) is 6.44. The standard InChI is InChI=1S/C5H8Cl2I2/c6-4(2-8)1-5(7)3-9/h4-5H,1-3H2. The smallest absolute Gasteiger partial charge is 0.0439 e. The molecule has 0 saturated heterocycles. The normalized spacial score (nSPS) is 17.3. The lowest BCUT2D eigenvalue weighted by Crippen LogP contribution is -2.10. The van der Waals surface area contributed by atoms with Gasteiger partial charge in [0, 0.05) is 19.6 Å². The number of alkyl halides is 4. The van der Waals surface area contributed by atoms with Crippen molar-refractivity contribution in [2.45, 2.75) is 17.2 Å². The molecule has 0 bridgehead atoms. The fraction of sp³-hybridized carbons (Fsp3) is 1.00. The molecular weight excluding hydrogens is 385 g/mol. The van der Waals surface area contributed by atoms with Gasteiger partial charge in [0.15, 0.2) is 0 Å². The highest BCUT2D eigenvalue weighted by molar-refractivity contribution is 14.1. The van der Waals surface area contributed by atoms with Gasteiger partial charge in [0.05, 0.1) is 0 Å². The molecule has 0 aromatic carbocycles. The molecule has 0 aromatic rings. The van der Waals surface area contributed by atoms with Crippen LogP contribution in [0.1, 0.15) is 6.42 Å². The molecule has 0 nitrogen and oxygen atoms in total. The highest BCUT2D eigenvalue weighted by Gasteiger charge is 2.08. The van der Waals surface area contributed by atoms with Crippen LogP contribution in [0.4, 0.5) is 0 Å². The second-order valence-electron chi connectivity index (χ2n) is 1.74. The number of hydrogen-bond acceptors (Lipinski definition) is 0. The third-order valence-electron chi connectivity index (χ3n) is 0.846. The summed E-state index contributed by atoms with van der Waals surface area (Å²) in [5.41, 5.74) is 0. The van der Waals surface area contributed by atoms with E-state index in [2.05, 4.69) is 45.2 Å². The number of rotatable bonds is 4. The second kappa shape index (κ2) is 6.73. The quantitative estimate of drug-likeness (QED) is 0.508. The number of hydrogen-bond donors (Lipinski definition) is 0. The van der Waals surface area contributed by atoms with E-state index in [0.29, 0.717) is 0 Å². The van der Waals surface area contributed by atoms with Crippen LogP contribution in [-0.2, 0) is 0 Å².